The Morgan fingerprint density at radius 2 is 2.23 bits per heavy atom. The van der Waals surface area contributed by atoms with E-state index < -0.39 is 21.7 Å². The quantitative estimate of drug-likeness (QED) is 0.731. The van der Waals surface area contributed by atoms with Gasteiger partial charge in [-0.25, -0.2) is 8.42 Å². The Morgan fingerprint density at radius 3 is 2.54 bits per heavy atom. The summed E-state index contributed by atoms with van der Waals surface area (Å²) in [7, 11) is -2.95. The second-order valence-electron chi connectivity index (χ2n) is 3.52. The van der Waals surface area contributed by atoms with Crippen LogP contribution in [-0.4, -0.2) is 31.0 Å². The summed E-state index contributed by atoms with van der Waals surface area (Å²) in [5, 5.41) is 8.81. The first-order valence-electron chi connectivity index (χ1n) is 4.39. The molecule has 0 amide bonds. The average Bonchev–Trinajstić information content (AvgIpc) is 2.31. The van der Waals surface area contributed by atoms with Crippen molar-refractivity contribution in [1.29, 1.82) is 0 Å². The van der Waals surface area contributed by atoms with Gasteiger partial charge >= 0.3 is 5.97 Å². The summed E-state index contributed by atoms with van der Waals surface area (Å²) < 4.78 is 22.2. The van der Waals surface area contributed by atoms with Crippen LogP contribution in [0.3, 0.4) is 0 Å². The molecule has 0 aromatic carbocycles. The van der Waals surface area contributed by atoms with E-state index in [1.54, 1.807) is 6.92 Å². The fraction of sp³-hybridized carbons (Fsp3) is 0.875. The van der Waals surface area contributed by atoms with Crippen LogP contribution in [0.4, 0.5) is 0 Å². The van der Waals surface area contributed by atoms with Crippen molar-refractivity contribution >= 4 is 15.8 Å². The van der Waals surface area contributed by atoms with Gasteiger partial charge in [-0.3, -0.25) is 4.79 Å². The first kappa shape index (κ1) is 10.5. The molecule has 1 heterocycles. The lowest BCUT2D eigenvalue weighted by Crippen LogP contribution is -2.23. The van der Waals surface area contributed by atoms with E-state index in [0.717, 1.165) is 0 Å². The minimum atomic E-state index is -2.95. The molecule has 1 N–H and O–H groups in total. The van der Waals surface area contributed by atoms with Crippen LogP contribution in [0.5, 0.6) is 0 Å². The molecule has 5 heteroatoms. The van der Waals surface area contributed by atoms with Crippen molar-refractivity contribution in [3.05, 3.63) is 0 Å². The summed E-state index contributed by atoms with van der Waals surface area (Å²) in [6, 6.07) is 0. The van der Waals surface area contributed by atoms with Crippen molar-refractivity contribution in [2.75, 3.05) is 11.5 Å². The molecule has 0 aliphatic carbocycles. The van der Waals surface area contributed by atoms with E-state index in [-0.39, 0.29) is 17.4 Å². The van der Waals surface area contributed by atoms with E-state index in [9.17, 15) is 13.2 Å². The van der Waals surface area contributed by atoms with E-state index in [1.807, 2.05) is 0 Å². The standard InChI is InChI=1S/C8H14O4S/c1-2-7(8(9)10)6-3-4-13(11,12)5-6/h6-7H,2-5H2,1H3,(H,9,10). The lowest BCUT2D eigenvalue weighted by Gasteiger charge is -2.15. The summed E-state index contributed by atoms with van der Waals surface area (Å²) >= 11 is 0. The normalized spacial score (nSPS) is 28.5. The Hall–Kier alpha value is -0.580. The van der Waals surface area contributed by atoms with Gasteiger partial charge in [0.25, 0.3) is 0 Å². The van der Waals surface area contributed by atoms with Gasteiger partial charge in [-0.15, -0.1) is 0 Å². The highest BCUT2D eigenvalue weighted by atomic mass is 32.2. The molecule has 4 nitrogen and oxygen atoms in total. The van der Waals surface area contributed by atoms with Gasteiger partial charge in [-0.2, -0.15) is 0 Å². The zero-order valence-electron chi connectivity index (χ0n) is 7.56. The number of rotatable bonds is 3. The summed E-state index contributed by atoms with van der Waals surface area (Å²) in [4.78, 5) is 10.7. The minimum absolute atomic E-state index is 0.0534. The molecular weight excluding hydrogens is 192 g/mol. The summed E-state index contributed by atoms with van der Waals surface area (Å²) in [5.41, 5.74) is 0. The smallest absolute Gasteiger partial charge is 0.306 e. The number of aliphatic carboxylic acids is 1. The Bertz CT molecular complexity index is 293. The third-order valence-electron chi connectivity index (χ3n) is 2.59. The van der Waals surface area contributed by atoms with E-state index in [1.165, 1.54) is 0 Å². The van der Waals surface area contributed by atoms with Gasteiger partial charge in [0.15, 0.2) is 9.84 Å². The third kappa shape index (κ3) is 2.43. The predicted octanol–water partition coefficient (Wildman–Crippen LogP) is 0.532. The number of hydrogen-bond donors (Lipinski definition) is 1. The number of carboxylic acid groups (broad SMARTS) is 1. The van der Waals surface area contributed by atoms with Gasteiger partial charge in [-0.1, -0.05) is 6.92 Å². The van der Waals surface area contributed by atoms with E-state index in [4.69, 9.17) is 5.11 Å². The molecule has 1 fully saturated rings. The molecule has 1 rings (SSSR count). The van der Waals surface area contributed by atoms with Crippen LogP contribution in [-0.2, 0) is 14.6 Å². The summed E-state index contributed by atoms with van der Waals surface area (Å²) in [5.74, 6) is -1.33. The highest BCUT2D eigenvalue weighted by Gasteiger charge is 2.36. The maximum Gasteiger partial charge on any atom is 0.306 e. The SMILES string of the molecule is CCC(C(=O)O)C1CCS(=O)(=O)C1. The predicted molar refractivity (Wildman–Crippen MR) is 48.2 cm³/mol. The summed E-state index contributed by atoms with van der Waals surface area (Å²) in [6.07, 6.45) is 1.02. The van der Waals surface area contributed by atoms with E-state index in [2.05, 4.69) is 0 Å². The highest BCUT2D eigenvalue weighted by molar-refractivity contribution is 7.91. The van der Waals surface area contributed by atoms with E-state index >= 15 is 0 Å². The van der Waals surface area contributed by atoms with Crippen LogP contribution in [0.2, 0.25) is 0 Å². The molecule has 76 valence electrons. The van der Waals surface area contributed by atoms with Crippen molar-refractivity contribution in [2.45, 2.75) is 19.8 Å². The van der Waals surface area contributed by atoms with Gasteiger partial charge in [0.1, 0.15) is 0 Å². The molecule has 2 unspecified atom stereocenters. The molecule has 0 aromatic rings. The molecule has 1 aliphatic heterocycles. The van der Waals surface area contributed by atoms with Crippen molar-refractivity contribution in [2.24, 2.45) is 11.8 Å². The van der Waals surface area contributed by atoms with Crippen LogP contribution >= 0.6 is 0 Å². The molecule has 1 saturated heterocycles. The molecule has 0 bridgehead atoms. The van der Waals surface area contributed by atoms with Crippen molar-refractivity contribution in [3.63, 3.8) is 0 Å². The minimum Gasteiger partial charge on any atom is -0.481 e. The molecule has 0 radical (unpaired) electrons. The van der Waals surface area contributed by atoms with Gasteiger partial charge in [0.2, 0.25) is 0 Å². The zero-order valence-corrected chi connectivity index (χ0v) is 8.38. The number of carbonyl (C=O) groups is 1. The van der Waals surface area contributed by atoms with Gasteiger partial charge in [0, 0.05) is 0 Å². The average molecular weight is 206 g/mol. The number of hydrogen-bond acceptors (Lipinski definition) is 3. The van der Waals surface area contributed by atoms with Crippen LogP contribution in [0.15, 0.2) is 0 Å². The Labute approximate surface area is 77.9 Å². The van der Waals surface area contributed by atoms with E-state index in [0.29, 0.717) is 12.8 Å². The highest BCUT2D eigenvalue weighted by Crippen LogP contribution is 2.28. The monoisotopic (exact) mass is 206 g/mol. The molecule has 0 saturated carbocycles. The summed E-state index contributed by atoms with van der Waals surface area (Å²) in [6.45, 7) is 1.78. The van der Waals surface area contributed by atoms with Crippen molar-refractivity contribution < 1.29 is 18.3 Å². The van der Waals surface area contributed by atoms with Gasteiger partial charge < -0.3 is 5.11 Å². The molecule has 0 aromatic heterocycles. The van der Waals surface area contributed by atoms with Crippen LogP contribution < -0.4 is 0 Å². The topological polar surface area (TPSA) is 71.4 Å². The maximum absolute atomic E-state index is 11.1. The van der Waals surface area contributed by atoms with Gasteiger partial charge in [0.05, 0.1) is 17.4 Å². The molecule has 13 heavy (non-hydrogen) atoms. The fourth-order valence-corrected chi connectivity index (χ4v) is 3.73. The second-order valence-corrected chi connectivity index (χ2v) is 5.74. The maximum atomic E-state index is 11.1. The molecule has 1 aliphatic rings. The third-order valence-corrected chi connectivity index (χ3v) is 4.39. The Balaban J connectivity index is 2.69. The van der Waals surface area contributed by atoms with Gasteiger partial charge in [-0.05, 0) is 18.8 Å². The molecule has 0 spiro atoms. The van der Waals surface area contributed by atoms with Crippen LogP contribution in [0.1, 0.15) is 19.8 Å². The lowest BCUT2D eigenvalue weighted by molar-refractivity contribution is -0.143. The van der Waals surface area contributed by atoms with Crippen LogP contribution in [0, 0.1) is 11.8 Å². The van der Waals surface area contributed by atoms with Crippen LogP contribution in [0.25, 0.3) is 0 Å². The molecule has 2 atom stereocenters. The fourth-order valence-electron chi connectivity index (χ4n) is 1.85. The number of sulfone groups is 1. The zero-order chi connectivity index (χ0) is 10.1. The Kier molecular flexibility index (Phi) is 2.95. The number of carboxylic acids is 1. The first-order chi connectivity index (χ1) is 5.96. The first-order valence-corrected chi connectivity index (χ1v) is 6.21. The lowest BCUT2D eigenvalue weighted by atomic mass is 9.90. The molecular formula is C8H14O4S. The second kappa shape index (κ2) is 3.65. The Morgan fingerprint density at radius 1 is 1.62 bits per heavy atom. The van der Waals surface area contributed by atoms with Crippen molar-refractivity contribution in [1.82, 2.24) is 0 Å². The van der Waals surface area contributed by atoms with Crippen molar-refractivity contribution in [3.8, 4) is 0 Å². The largest absolute Gasteiger partial charge is 0.481 e.